The number of nitrogens with one attached hydrogen (secondary N) is 2. The number of aryl methyl sites for hydroxylation is 2. The molecule has 0 fully saturated rings. The van der Waals surface area contributed by atoms with Gasteiger partial charge in [-0.3, -0.25) is 10.2 Å². The van der Waals surface area contributed by atoms with Crippen LogP contribution >= 0.6 is 11.3 Å². The lowest BCUT2D eigenvalue weighted by Crippen LogP contribution is -2.41. The van der Waals surface area contributed by atoms with E-state index >= 15 is 0 Å². The van der Waals surface area contributed by atoms with Gasteiger partial charge in [0.15, 0.2) is 0 Å². The molecule has 0 atom stereocenters. The lowest BCUT2D eigenvalue weighted by atomic mass is 10.1. The fourth-order valence-electron chi connectivity index (χ4n) is 1.52. The molecule has 7 heteroatoms. The molecule has 0 saturated heterocycles. The second-order valence-electron chi connectivity index (χ2n) is 4.28. The van der Waals surface area contributed by atoms with Crippen LogP contribution in [0.5, 0.6) is 0 Å². The molecule has 1 heterocycles. The SMILES string of the molecule is Cc1ccc(S(=O)(=O)NNC(=O)c2cccs2)cc1C. The Hall–Kier alpha value is -1.70. The first-order chi connectivity index (χ1) is 9.40. The van der Waals surface area contributed by atoms with Crippen molar-refractivity contribution in [2.24, 2.45) is 0 Å². The highest BCUT2D eigenvalue weighted by Crippen LogP contribution is 2.14. The number of hydrazine groups is 1. The van der Waals surface area contributed by atoms with E-state index in [9.17, 15) is 13.2 Å². The fraction of sp³-hybridized carbons (Fsp3) is 0.154. The highest BCUT2D eigenvalue weighted by atomic mass is 32.2. The standard InChI is InChI=1S/C13H14N2O3S2/c1-9-5-6-11(8-10(9)2)20(17,18)15-14-13(16)12-4-3-7-19-12/h3-8,15H,1-2H3,(H,14,16). The van der Waals surface area contributed by atoms with Gasteiger partial charge in [-0.2, -0.15) is 0 Å². The summed E-state index contributed by atoms with van der Waals surface area (Å²) in [6, 6.07) is 8.13. The Morgan fingerprint density at radius 3 is 2.50 bits per heavy atom. The lowest BCUT2D eigenvalue weighted by Gasteiger charge is -2.09. The van der Waals surface area contributed by atoms with Crippen molar-refractivity contribution in [3.05, 3.63) is 51.7 Å². The van der Waals surface area contributed by atoms with Crippen LogP contribution in [0.4, 0.5) is 0 Å². The van der Waals surface area contributed by atoms with Crippen molar-refractivity contribution in [1.82, 2.24) is 10.3 Å². The Kier molecular flexibility index (Phi) is 4.22. The van der Waals surface area contributed by atoms with Crippen molar-refractivity contribution >= 4 is 27.3 Å². The molecule has 106 valence electrons. The number of benzene rings is 1. The van der Waals surface area contributed by atoms with Gasteiger partial charge < -0.3 is 0 Å². The maximum absolute atomic E-state index is 12.0. The molecule has 0 radical (unpaired) electrons. The van der Waals surface area contributed by atoms with Gasteiger partial charge in [0, 0.05) is 0 Å². The van der Waals surface area contributed by atoms with Crippen molar-refractivity contribution in [1.29, 1.82) is 0 Å². The molecular weight excluding hydrogens is 296 g/mol. The van der Waals surface area contributed by atoms with E-state index in [4.69, 9.17) is 0 Å². The molecule has 0 aliphatic heterocycles. The van der Waals surface area contributed by atoms with Gasteiger partial charge in [0.2, 0.25) is 0 Å². The van der Waals surface area contributed by atoms with E-state index < -0.39 is 15.9 Å². The average molecular weight is 310 g/mol. The van der Waals surface area contributed by atoms with Crippen LogP contribution in [0, 0.1) is 13.8 Å². The Labute approximate surface area is 121 Å². The van der Waals surface area contributed by atoms with E-state index in [0.29, 0.717) is 4.88 Å². The molecule has 2 aromatic rings. The van der Waals surface area contributed by atoms with Gasteiger partial charge in [-0.25, -0.2) is 8.42 Å². The summed E-state index contributed by atoms with van der Waals surface area (Å²) in [6.07, 6.45) is 0. The molecule has 2 rings (SSSR count). The Morgan fingerprint density at radius 1 is 1.15 bits per heavy atom. The van der Waals surface area contributed by atoms with Crippen LogP contribution in [0.15, 0.2) is 40.6 Å². The number of hydrogen-bond donors (Lipinski definition) is 2. The zero-order chi connectivity index (χ0) is 14.8. The zero-order valence-corrected chi connectivity index (χ0v) is 12.6. The second kappa shape index (κ2) is 5.74. The molecule has 0 unspecified atom stereocenters. The highest BCUT2D eigenvalue weighted by molar-refractivity contribution is 7.89. The molecule has 0 aliphatic rings. The number of hydrogen-bond acceptors (Lipinski definition) is 4. The highest BCUT2D eigenvalue weighted by Gasteiger charge is 2.16. The molecule has 0 spiro atoms. The van der Waals surface area contributed by atoms with Gasteiger partial charge in [-0.1, -0.05) is 12.1 Å². The second-order valence-corrected chi connectivity index (χ2v) is 6.91. The molecule has 0 bridgehead atoms. The third-order valence-electron chi connectivity index (χ3n) is 2.83. The van der Waals surface area contributed by atoms with Gasteiger partial charge in [0.1, 0.15) is 0 Å². The summed E-state index contributed by atoms with van der Waals surface area (Å²) in [5.41, 5.74) is 4.07. The smallest absolute Gasteiger partial charge is 0.273 e. The molecule has 1 amide bonds. The Morgan fingerprint density at radius 2 is 1.90 bits per heavy atom. The van der Waals surface area contributed by atoms with E-state index in [0.717, 1.165) is 11.1 Å². The van der Waals surface area contributed by atoms with Gasteiger partial charge in [0.25, 0.3) is 15.9 Å². The first kappa shape index (κ1) is 14.7. The fourth-order valence-corrected chi connectivity index (χ4v) is 3.07. The summed E-state index contributed by atoms with van der Waals surface area (Å²) in [5, 5.41) is 1.74. The van der Waals surface area contributed by atoms with Crippen LogP contribution in [0.3, 0.4) is 0 Å². The third kappa shape index (κ3) is 3.24. The summed E-state index contributed by atoms with van der Waals surface area (Å²) in [5.74, 6) is -0.479. The summed E-state index contributed by atoms with van der Waals surface area (Å²) in [6.45, 7) is 3.73. The average Bonchev–Trinajstić information content (AvgIpc) is 2.93. The number of thiophene rings is 1. The summed E-state index contributed by atoms with van der Waals surface area (Å²) in [4.78, 5) is 14.3. The van der Waals surface area contributed by atoms with E-state index in [2.05, 4.69) is 10.3 Å². The molecule has 5 nitrogen and oxygen atoms in total. The maximum atomic E-state index is 12.0. The van der Waals surface area contributed by atoms with Crippen LogP contribution in [0.1, 0.15) is 20.8 Å². The van der Waals surface area contributed by atoms with Crippen LogP contribution in [0.25, 0.3) is 0 Å². The van der Waals surface area contributed by atoms with E-state index in [-0.39, 0.29) is 4.90 Å². The minimum Gasteiger partial charge on any atom is -0.273 e. The van der Waals surface area contributed by atoms with Gasteiger partial charge in [0.05, 0.1) is 9.77 Å². The molecule has 0 aliphatic carbocycles. The predicted octanol–water partition coefficient (Wildman–Crippen LogP) is 1.99. The molecule has 0 saturated carbocycles. The van der Waals surface area contributed by atoms with Crippen LogP contribution in [-0.4, -0.2) is 14.3 Å². The van der Waals surface area contributed by atoms with E-state index in [1.165, 1.54) is 17.4 Å². The largest absolute Gasteiger partial charge is 0.276 e. The number of carbonyl (C=O) groups is 1. The van der Waals surface area contributed by atoms with Gasteiger partial charge in [-0.05, 0) is 48.6 Å². The van der Waals surface area contributed by atoms with Crippen molar-refractivity contribution < 1.29 is 13.2 Å². The lowest BCUT2D eigenvalue weighted by molar-refractivity contribution is 0.0949. The number of rotatable bonds is 4. The first-order valence-corrected chi connectivity index (χ1v) is 8.19. The zero-order valence-electron chi connectivity index (χ0n) is 11.0. The van der Waals surface area contributed by atoms with Crippen molar-refractivity contribution in [2.75, 3.05) is 0 Å². The van der Waals surface area contributed by atoms with Crippen molar-refractivity contribution in [3.63, 3.8) is 0 Å². The molecule has 1 aromatic heterocycles. The summed E-state index contributed by atoms with van der Waals surface area (Å²) in [7, 11) is -3.76. The minimum atomic E-state index is -3.76. The third-order valence-corrected chi connectivity index (χ3v) is 4.95. The molecule has 2 N–H and O–H groups in total. The van der Waals surface area contributed by atoms with Crippen molar-refractivity contribution in [3.8, 4) is 0 Å². The molecule has 1 aromatic carbocycles. The van der Waals surface area contributed by atoms with Crippen LogP contribution in [0.2, 0.25) is 0 Å². The Balaban J connectivity index is 2.11. The first-order valence-electron chi connectivity index (χ1n) is 5.83. The quantitative estimate of drug-likeness (QED) is 0.848. The number of amides is 1. The molecular formula is C13H14N2O3S2. The topological polar surface area (TPSA) is 75.3 Å². The van der Waals surface area contributed by atoms with Gasteiger partial charge >= 0.3 is 0 Å². The van der Waals surface area contributed by atoms with E-state index in [1.807, 2.05) is 13.8 Å². The normalized spacial score (nSPS) is 11.3. The number of carbonyl (C=O) groups excluding carboxylic acids is 1. The van der Waals surface area contributed by atoms with E-state index in [1.54, 1.807) is 29.6 Å². The van der Waals surface area contributed by atoms with Crippen molar-refractivity contribution in [2.45, 2.75) is 18.7 Å². The van der Waals surface area contributed by atoms with Gasteiger partial charge in [-0.15, -0.1) is 16.2 Å². The summed E-state index contributed by atoms with van der Waals surface area (Å²) >= 11 is 1.23. The van der Waals surface area contributed by atoms with Crippen LogP contribution < -0.4 is 10.3 Å². The minimum absolute atomic E-state index is 0.118. The summed E-state index contributed by atoms with van der Waals surface area (Å²) < 4.78 is 24.1. The molecule has 20 heavy (non-hydrogen) atoms. The maximum Gasteiger partial charge on any atom is 0.276 e. The monoisotopic (exact) mass is 310 g/mol. The Bertz CT molecular complexity index is 722. The number of sulfonamides is 1. The predicted molar refractivity (Wildman–Crippen MR) is 78.0 cm³/mol. The van der Waals surface area contributed by atoms with Crippen LogP contribution in [-0.2, 0) is 10.0 Å².